The van der Waals surface area contributed by atoms with Crippen LogP contribution in [0.15, 0.2) is 28.8 Å². The van der Waals surface area contributed by atoms with Crippen molar-refractivity contribution in [1.82, 2.24) is 10.1 Å². The third kappa shape index (κ3) is 4.91. The lowest BCUT2D eigenvalue weighted by molar-refractivity contribution is -0.136. The maximum Gasteiger partial charge on any atom is 0.338 e. The Morgan fingerprint density at radius 2 is 2.14 bits per heavy atom. The first kappa shape index (κ1) is 19.9. The van der Waals surface area contributed by atoms with Crippen LogP contribution < -0.4 is 4.74 Å². The van der Waals surface area contributed by atoms with Crippen molar-refractivity contribution in [3.05, 3.63) is 46.8 Å². The highest BCUT2D eigenvalue weighted by atomic mass is 16.5. The van der Waals surface area contributed by atoms with Gasteiger partial charge in [0.25, 0.3) is 5.91 Å². The average molecular weight is 386 g/mol. The normalized spacial score (nSPS) is 16.7. The largest absolute Gasteiger partial charge is 0.489 e. The zero-order valence-electron chi connectivity index (χ0n) is 16.6. The molecular weight excluding hydrogens is 360 g/mol. The fourth-order valence-electron chi connectivity index (χ4n) is 3.29. The van der Waals surface area contributed by atoms with Gasteiger partial charge in [-0.3, -0.25) is 4.79 Å². The predicted molar refractivity (Wildman–Crippen MR) is 102 cm³/mol. The minimum absolute atomic E-state index is 0.147. The first-order valence-corrected chi connectivity index (χ1v) is 9.53. The van der Waals surface area contributed by atoms with Gasteiger partial charge < -0.3 is 18.9 Å². The number of hydrogen-bond acceptors (Lipinski definition) is 6. The van der Waals surface area contributed by atoms with Crippen LogP contribution in [0.2, 0.25) is 0 Å². The molecule has 1 amide bonds. The molecule has 1 aromatic heterocycles. The summed E-state index contributed by atoms with van der Waals surface area (Å²) in [7, 11) is 0. The van der Waals surface area contributed by atoms with Gasteiger partial charge in [-0.1, -0.05) is 18.1 Å². The number of piperidine rings is 1. The van der Waals surface area contributed by atoms with Gasteiger partial charge in [-0.05, 0) is 50.8 Å². The van der Waals surface area contributed by atoms with Gasteiger partial charge in [-0.2, -0.15) is 0 Å². The Morgan fingerprint density at radius 3 is 2.86 bits per heavy atom. The number of hydrogen-bond donors (Lipinski definition) is 0. The maximum atomic E-state index is 12.3. The van der Waals surface area contributed by atoms with Gasteiger partial charge in [0.2, 0.25) is 0 Å². The minimum Gasteiger partial charge on any atom is -0.489 e. The Bertz CT molecular complexity index is 826. The lowest BCUT2D eigenvalue weighted by Crippen LogP contribution is -2.41. The summed E-state index contributed by atoms with van der Waals surface area (Å²) < 4.78 is 16.1. The summed E-state index contributed by atoms with van der Waals surface area (Å²) in [5.41, 5.74) is 2.00. The second-order valence-corrected chi connectivity index (χ2v) is 7.28. The van der Waals surface area contributed by atoms with Gasteiger partial charge in [-0.25, -0.2) is 4.79 Å². The zero-order chi connectivity index (χ0) is 20.1. The first-order valence-electron chi connectivity index (χ1n) is 9.53. The van der Waals surface area contributed by atoms with E-state index in [-0.39, 0.29) is 12.5 Å². The van der Waals surface area contributed by atoms with Crippen molar-refractivity contribution in [2.75, 3.05) is 19.7 Å². The summed E-state index contributed by atoms with van der Waals surface area (Å²) in [6.07, 6.45) is 2.12. The van der Waals surface area contributed by atoms with Gasteiger partial charge in [0, 0.05) is 13.1 Å². The van der Waals surface area contributed by atoms with E-state index < -0.39 is 5.97 Å². The standard InChI is InChI=1S/C21H26N2O5/c1-14-6-5-9-23(11-14)20(24)13-27-21(25)17-7-4-8-18(10-17)26-12-19-15(2)22-28-16(19)3/h4,7-8,10,14H,5-6,9,11-13H2,1-3H3/t14-/m0/s1. The van der Waals surface area contributed by atoms with Crippen LogP contribution in [-0.2, 0) is 16.1 Å². The lowest BCUT2D eigenvalue weighted by Gasteiger charge is -2.30. The summed E-state index contributed by atoms with van der Waals surface area (Å²) in [5, 5.41) is 3.89. The summed E-state index contributed by atoms with van der Waals surface area (Å²) in [6, 6.07) is 6.72. The van der Waals surface area contributed by atoms with Gasteiger partial charge in [0.05, 0.1) is 16.8 Å². The maximum absolute atomic E-state index is 12.3. The number of carbonyl (C=O) groups excluding carboxylic acids is 2. The number of esters is 1. The SMILES string of the molecule is Cc1noc(C)c1COc1cccc(C(=O)OCC(=O)N2CCC[C@H](C)C2)c1. The van der Waals surface area contributed by atoms with Crippen molar-refractivity contribution < 1.29 is 23.6 Å². The third-order valence-corrected chi connectivity index (χ3v) is 4.97. The van der Waals surface area contributed by atoms with E-state index >= 15 is 0 Å². The molecule has 1 aromatic carbocycles. The second-order valence-electron chi connectivity index (χ2n) is 7.28. The highest BCUT2D eigenvalue weighted by molar-refractivity contribution is 5.91. The first-order chi connectivity index (χ1) is 13.4. The van der Waals surface area contributed by atoms with Crippen molar-refractivity contribution in [3.8, 4) is 5.75 Å². The van der Waals surface area contributed by atoms with Crippen molar-refractivity contribution >= 4 is 11.9 Å². The molecule has 150 valence electrons. The van der Waals surface area contributed by atoms with Crippen LogP contribution in [0.4, 0.5) is 0 Å². The number of nitrogens with zero attached hydrogens (tertiary/aromatic N) is 2. The van der Waals surface area contributed by atoms with Gasteiger partial charge >= 0.3 is 5.97 Å². The Labute approximate surface area is 164 Å². The fourth-order valence-corrected chi connectivity index (χ4v) is 3.29. The van der Waals surface area contributed by atoms with Crippen LogP contribution in [0.25, 0.3) is 0 Å². The molecule has 28 heavy (non-hydrogen) atoms. The van der Waals surface area contributed by atoms with E-state index in [0.29, 0.717) is 29.6 Å². The molecule has 7 nitrogen and oxygen atoms in total. The molecular formula is C21H26N2O5. The average Bonchev–Trinajstić information content (AvgIpc) is 3.02. The number of amides is 1. The van der Waals surface area contributed by atoms with Crippen LogP contribution in [-0.4, -0.2) is 41.6 Å². The molecule has 1 fully saturated rings. The Morgan fingerprint density at radius 1 is 1.32 bits per heavy atom. The van der Waals surface area contributed by atoms with E-state index in [1.807, 2.05) is 13.8 Å². The summed E-state index contributed by atoms with van der Waals surface area (Å²) in [6.45, 7) is 7.31. The molecule has 3 rings (SSSR count). The van der Waals surface area contributed by atoms with E-state index in [0.717, 1.165) is 37.2 Å². The Kier molecular flexibility index (Phi) is 6.34. The molecule has 0 aliphatic carbocycles. The topological polar surface area (TPSA) is 81.9 Å². The van der Waals surface area contributed by atoms with E-state index in [1.165, 1.54) is 0 Å². The molecule has 0 radical (unpaired) electrons. The highest BCUT2D eigenvalue weighted by Crippen LogP contribution is 2.19. The number of carbonyl (C=O) groups is 2. The van der Waals surface area contributed by atoms with Crippen molar-refractivity contribution in [2.45, 2.75) is 40.2 Å². The van der Waals surface area contributed by atoms with E-state index in [1.54, 1.807) is 29.2 Å². The molecule has 0 saturated carbocycles. The molecule has 7 heteroatoms. The second kappa shape index (κ2) is 8.91. The lowest BCUT2D eigenvalue weighted by atomic mass is 10.0. The van der Waals surface area contributed by atoms with Crippen LogP contribution in [0.5, 0.6) is 5.75 Å². The molecule has 0 bridgehead atoms. The van der Waals surface area contributed by atoms with Gasteiger partial charge in [0.15, 0.2) is 6.61 Å². The Balaban J connectivity index is 1.54. The molecule has 0 spiro atoms. The molecule has 1 aliphatic rings. The van der Waals surface area contributed by atoms with Gasteiger partial charge in [-0.15, -0.1) is 0 Å². The van der Waals surface area contributed by atoms with Gasteiger partial charge in [0.1, 0.15) is 18.1 Å². The van der Waals surface area contributed by atoms with Crippen LogP contribution >= 0.6 is 0 Å². The number of aryl methyl sites for hydroxylation is 2. The van der Waals surface area contributed by atoms with Crippen LogP contribution in [0.3, 0.4) is 0 Å². The molecule has 1 atom stereocenters. The van der Waals surface area contributed by atoms with E-state index in [4.69, 9.17) is 14.0 Å². The molecule has 0 unspecified atom stereocenters. The Hall–Kier alpha value is -2.83. The number of rotatable bonds is 6. The monoisotopic (exact) mass is 386 g/mol. The van der Waals surface area contributed by atoms with Crippen molar-refractivity contribution in [2.24, 2.45) is 5.92 Å². The summed E-state index contributed by atoms with van der Waals surface area (Å²) in [5.74, 6) is 1.04. The van der Waals surface area contributed by atoms with E-state index in [2.05, 4.69) is 12.1 Å². The summed E-state index contributed by atoms with van der Waals surface area (Å²) in [4.78, 5) is 26.3. The van der Waals surface area contributed by atoms with E-state index in [9.17, 15) is 9.59 Å². The van der Waals surface area contributed by atoms with Crippen molar-refractivity contribution in [1.29, 1.82) is 0 Å². The molecule has 2 heterocycles. The molecule has 0 N–H and O–H groups in total. The van der Waals surface area contributed by atoms with Crippen LogP contribution in [0.1, 0.15) is 47.1 Å². The van der Waals surface area contributed by atoms with Crippen LogP contribution in [0, 0.1) is 19.8 Å². The smallest absolute Gasteiger partial charge is 0.338 e. The fraction of sp³-hybridized carbons (Fsp3) is 0.476. The number of aromatic nitrogens is 1. The number of likely N-dealkylation sites (tertiary alicyclic amines) is 1. The summed E-state index contributed by atoms with van der Waals surface area (Å²) >= 11 is 0. The van der Waals surface area contributed by atoms with Crippen molar-refractivity contribution in [3.63, 3.8) is 0 Å². The minimum atomic E-state index is -0.541. The molecule has 2 aromatic rings. The number of benzene rings is 1. The zero-order valence-corrected chi connectivity index (χ0v) is 16.6. The predicted octanol–water partition coefficient (Wildman–Crippen LogP) is 3.29. The third-order valence-electron chi connectivity index (χ3n) is 4.97. The quantitative estimate of drug-likeness (QED) is 0.709. The number of ether oxygens (including phenoxy) is 2. The molecule has 1 saturated heterocycles. The molecule has 1 aliphatic heterocycles. The highest BCUT2D eigenvalue weighted by Gasteiger charge is 2.22.